The van der Waals surface area contributed by atoms with Crippen LogP contribution in [-0.2, 0) is 19.5 Å². The van der Waals surface area contributed by atoms with Gasteiger partial charge in [0, 0.05) is 18.9 Å². The molecule has 2 aromatic heterocycles. The van der Waals surface area contributed by atoms with Crippen molar-refractivity contribution in [1.29, 1.82) is 0 Å². The van der Waals surface area contributed by atoms with Crippen LogP contribution in [-0.4, -0.2) is 19.5 Å². The number of aliphatic hydroxyl groups excluding tert-OH is 1. The first-order chi connectivity index (χ1) is 10.1. The molecular formula is C16H24ClN3O. The molecular weight excluding hydrogens is 286 g/mol. The number of halogens is 1. The van der Waals surface area contributed by atoms with Gasteiger partial charge in [-0.25, -0.2) is 0 Å². The van der Waals surface area contributed by atoms with Gasteiger partial charge >= 0.3 is 0 Å². The Bertz CT molecular complexity index is 588. The van der Waals surface area contributed by atoms with Crippen LogP contribution in [0.25, 0.3) is 0 Å². The van der Waals surface area contributed by atoms with Gasteiger partial charge in [0.25, 0.3) is 0 Å². The maximum absolute atomic E-state index is 10.0. The fourth-order valence-corrected chi connectivity index (χ4v) is 2.86. The fraction of sp³-hybridized carbons (Fsp3) is 0.562. The SMILES string of the molecule is CCCC(O)c1ccn(Cc2c(Cl)c(CC)nn2CC)c1. The molecule has 2 heterocycles. The van der Waals surface area contributed by atoms with Gasteiger partial charge in [0.05, 0.1) is 29.1 Å². The lowest BCUT2D eigenvalue weighted by molar-refractivity contribution is 0.166. The van der Waals surface area contributed by atoms with E-state index < -0.39 is 0 Å². The first-order valence-electron chi connectivity index (χ1n) is 7.68. The lowest BCUT2D eigenvalue weighted by Gasteiger charge is -2.08. The van der Waals surface area contributed by atoms with Crippen molar-refractivity contribution in [2.24, 2.45) is 0 Å². The minimum atomic E-state index is -0.381. The minimum Gasteiger partial charge on any atom is -0.388 e. The van der Waals surface area contributed by atoms with E-state index >= 15 is 0 Å². The second kappa shape index (κ2) is 7.14. The Morgan fingerprint density at radius 2 is 2.10 bits per heavy atom. The van der Waals surface area contributed by atoms with Crippen LogP contribution in [0.4, 0.5) is 0 Å². The first kappa shape index (κ1) is 16.1. The Morgan fingerprint density at radius 1 is 1.33 bits per heavy atom. The smallest absolute Gasteiger partial charge is 0.0868 e. The molecule has 0 aliphatic carbocycles. The summed E-state index contributed by atoms with van der Waals surface area (Å²) in [5.74, 6) is 0. The normalized spacial score (nSPS) is 12.8. The third kappa shape index (κ3) is 3.50. The molecule has 0 saturated carbocycles. The monoisotopic (exact) mass is 309 g/mol. The zero-order valence-electron chi connectivity index (χ0n) is 13.0. The number of hydrogen-bond donors (Lipinski definition) is 1. The van der Waals surface area contributed by atoms with Gasteiger partial charge in [-0.05, 0) is 31.4 Å². The molecule has 21 heavy (non-hydrogen) atoms. The van der Waals surface area contributed by atoms with Crippen LogP contribution in [0, 0.1) is 0 Å². The Morgan fingerprint density at radius 3 is 2.71 bits per heavy atom. The lowest BCUT2D eigenvalue weighted by Crippen LogP contribution is -2.07. The van der Waals surface area contributed by atoms with Crippen LogP contribution in [0.5, 0.6) is 0 Å². The second-order valence-corrected chi connectivity index (χ2v) is 5.68. The minimum absolute atomic E-state index is 0.381. The Labute approximate surface area is 131 Å². The number of aryl methyl sites for hydroxylation is 2. The van der Waals surface area contributed by atoms with Crippen LogP contribution in [0.3, 0.4) is 0 Å². The van der Waals surface area contributed by atoms with Gasteiger partial charge in [0.1, 0.15) is 0 Å². The summed E-state index contributed by atoms with van der Waals surface area (Å²) in [7, 11) is 0. The maximum atomic E-state index is 10.0. The van der Waals surface area contributed by atoms with Gasteiger partial charge in [-0.2, -0.15) is 5.10 Å². The van der Waals surface area contributed by atoms with E-state index in [1.54, 1.807) is 0 Å². The first-order valence-corrected chi connectivity index (χ1v) is 8.06. The Balaban J connectivity index is 2.20. The van der Waals surface area contributed by atoms with Crippen LogP contribution < -0.4 is 0 Å². The Hall–Kier alpha value is -1.26. The van der Waals surface area contributed by atoms with Gasteiger partial charge in [-0.3, -0.25) is 4.68 Å². The van der Waals surface area contributed by atoms with E-state index in [1.165, 1.54) is 0 Å². The third-order valence-corrected chi connectivity index (χ3v) is 4.18. The fourth-order valence-electron chi connectivity index (χ4n) is 2.54. The summed E-state index contributed by atoms with van der Waals surface area (Å²) in [6, 6.07) is 1.97. The van der Waals surface area contributed by atoms with Gasteiger partial charge in [-0.15, -0.1) is 0 Å². The molecule has 1 unspecified atom stereocenters. The summed E-state index contributed by atoms with van der Waals surface area (Å²) in [4.78, 5) is 0. The van der Waals surface area contributed by atoms with E-state index in [0.717, 1.165) is 47.8 Å². The van der Waals surface area contributed by atoms with Crippen LogP contribution in [0.15, 0.2) is 18.5 Å². The molecule has 0 saturated heterocycles. The van der Waals surface area contributed by atoms with Crippen molar-refractivity contribution < 1.29 is 5.11 Å². The standard InChI is InChI=1S/C16H24ClN3O/c1-4-7-15(21)12-8-9-19(10-12)11-14-16(17)13(5-2)18-20(14)6-3/h8-10,15,21H,4-7,11H2,1-3H3. The molecule has 2 rings (SSSR count). The zero-order valence-corrected chi connectivity index (χ0v) is 13.8. The summed E-state index contributed by atoms with van der Waals surface area (Å²) in [6.45, 7) is 7.69. The van der Waals surface area contributed by atoms with Crippen molar-refractivity contribution in [3.8, 4) is 0 Å². The van der Waals surface area contributed by atoms with Crippen molar-refractivity contribution in [2.75, 3.05) is 0 Å². The van der Waals surface area contributed by atoms with E-state index in [0.29, 0.717) is 6.54 Å². The highest BCUT2D eigenvalue weighted by molar-refractivity contribution is 6.31. The molecule has 1 atom stereocenters. The van der Waals surface area contributed by atoms with Crippen molar-refractivity contribution in [2.45, 2.75) is 59.2 Å². The third-order valence-electron chi connectivity index (χ3n) is 3.75. The quantitative estimate of drug-likeness (QED) is 0.845. The van der Waals surface area contributed by atoms with Gasteiger partial charge in [0.2, 0.25) is 0 Å². The van der Waals surface area contributed by atoms with Crippen molar-refractivity contribution in [1.82, 2.24) is 14.3 Å². The number of nitrogens with zero attached hydrogens (tertiary/aromatic N) is 3. The van der Waals surface area contributed by atoms with E-state index in [2.05, 4.69) is 30.4 Å². The molecule has 0 aliphatic rings. The maximum Gasteiger partial charge on any atom is 0.0868 e. The summed E-state index contributed by atoms with van der Waals surface area (Å²) in [6.07, 6.45) is 6.20. The van der Waals surface area contributed by atoms with Crippen LogP contribution >= 0.6 is 11.6 Å². The highest BCUT2D eigenvalue weighted by Crippen LogP contribution is 2.24. The van der Waals surface area contributed by atoms with E-state index in [1.807, 2.05) is 23.1 Å². The van der Waals surface area contributed by atoms with Gasteiger partial charge in [0.15, 0.2) is 0 Å². The molecule has 4 nitrogen and oxygen atoms in total. The summed E-state index contributed by atoms with van der Waals surface area (Å²) in [5, 5.41) is 15.3. The summed E-state index contributed by atoms with van der Waals surface area (Å²) < 4.78 is 4.02. The molecule has 5 heteroatoms. The number of aliphatic hydroxyl groups is 1. The molecule has 0 aliphatic heterocycles. The van der Waals surface area contributed by atoms with Crippen LogP contribution in [0.1, 0.15) is 56.7 Å². The highest BCUT2D eigenvalue weighted by Gasteiger charge is 2.15. The molecule has 0 radical (unpaired) electrons. The second-order valence-electron chi connectivity index (χ2n) is 5.30. The van der Waals surface area contributed by atoms with Crippen molar-refractivity contribution >= 4 is 11.6 Å². The van der Waals surface area contributed by atoms with Crippen molar-refractivity contribution in [3.05, 3.63) is 40.4 Å². The topological polar surface area (TPSA) is 43.0 Å². The highest BCUT2D eigenvalue weighted by atomic mass is 35.5. The van der Waals surface area contributed by atoms with E-state index in [4.69, 9.17) is 11.6 Å². The molecule has 1 N–H and O–H groups in total. The predicted octanol–water partition coefficient (Wildman–Crippen LogP) is 3.80. The largest absolute Gasteiger partial charge is 0.388 e. The molecule has 116 valence electrons. The average molecular weight is 310 g/mol. The summed E-state index contributed by atoms with van der Waals surface area (Å²) in [5.41, 5.74) is 2.95. The predicted molar refractivity (Wildman–Crippen MR) is 85.7 cm³/mol. The molecule has 0 spiro atoms. The Kier molecular flexibility index (Phi) is 5.48. The van der Waals surface area contributed by atoms with Gasteiger partial charge < -0.3 is 9.67 Å². The number of hydrogen-bond acceptors (Lipinski definition) is 2. The van der Waals surface area contributed by atoms with Crippen LogP contribution in [0.2, 0.25) is 5.02 Å². The van der Waals surface area contributed by atoms with E-state index in [-0.39, 0.29) is 6.10 Å². The zero-order chi connectivity index (χ0) is 15.4. The van der Waals surface area contributed by atoms with E-state index in [9.17, 15) is 5.11 Å². The molecule has 0 amide bonds. The average Bonchev–Trinajstić information content (AvgIpc) is 3.06. The molecule has 0 bridgehead atoms. The molecule has 0 fully saturated rings. The molecule has 2 aromatic rings. The summed E-state index contributed by atoms with van der Waals surface area (Å²) >= 11 is 6.43. The number of aromatic nitrogens is 3. The van der Waals surface area contributed by atoms with Crippen molar-refractivity contribution in [3.63, 3.8) is 0 Å². The van der Waals surface area contributed by atoms with Gasteiger partial charge in [-0.1, -0.05) is 31.9 Å². The molecule has 0 aromatic carbocycles. The number of rotatable bonds is 7. The lowest BCUT2D eigenvalue weighted by atomic mass is 10.1.